The molecule has 0 aliphatic rings. The fraction of sp³-hybridized carbons (Fsp3) is 0.316. The SMILES string of the molecule is CCOC(=O)c1c(NC(=O)Cc2ccccc2OC)sc(C(=O)NC)c1C. The van der Waals surface area contributed by atoms with Gasteiger partial charge in [-0.1, -0.05) is 18.2 Å². The van der Waals surface area contributed by atoms with Crippen molar-refractivity contribution in [3.05, 3.63) is 45.8 Å². The van der Waals surface area contributed by atoms with Gasteiger partial charge in [-0.15, -0.1) is 11.3 Å². The first-order valence-corrected chi connectivity index (χ1v) is 9.18. The van der Waals surface area contributed by atoms with Crippen LogP contribution in [-0.4, -0.2) is 38.5 Å². The van der Waals surface area contributed by atoms with Gasteiger partial charge in [-0.05, 0) is 25.5 Å². The standard InChI is InChI=1S/C19H22N2O5S/c1-5-26-19(24)15-11(2)16(17(23)20-3)27-18(15)21-14(22)10-12-8-6-7-9-13(12)25-4/h6-9H,5,10H2,1-4H3,(H,20,23)(H,21,22). The molecule has 1 heterocycles. The molecular formula is C19H22N2O5S. The van der Waals surface area contributed by atoms with Crippen LogP contribution in [0.4, 0.5) is 5.00 Å². The normalized spacial score (nSPS) is 10.2. The molecule has 8 heteroatoms. The van der Waals surface area contributed by atoms with Crippen molar-refractivity contribution < 1.29 is 23.9 Å². The maximum atomic E-state index is 12.5. The molecule has 1 aromatic heterocycles. The Hall–Kier alpha value is -2.87. The third-order valence-electron chi connectivity index (χ3n) is 3.86. The molecule has 144 valence electrons. The van der Waals surface area contributed by atoms with E-state index in [0.717, 1.165) is 16.9 Å². The number of benzene rings is 1. The molecule has 7 nitrogen and oxygen atoms in total. The molecule has 0 fully saturated rings. The maximum absolute atomic E-state index is 12.5. The van der Waals surface area contributed by atoms with Crippen LogP contribution >= 0.6 is 11.3 Å². The number of para-hydroxylation sites is 1. The molecule has 0 aliphatic carbocycles. The molecule has 1 aromatic carbocycles. The first kappa shape index (κ1) is 20.4. The molecule has 27 heavy (non-hydrogen) atoms. The van der Waals surface area contributed by atoms with E-state index in [4.69, 9.17) is 9.47 Å². The molecule has 0 bridgehead atoms. The fourth-order valence-electron chi connectivity index (χ4n) is 2.57. The van der Waals surface area contributed by atoms with Crippen LogP contribution in [0.2, 0.25) is 0 Å². The van der Waals surface area contributed by atoms with Crippen LogP contribution in [0.3, 0.4) is 0 Å². The van der Waals surface area contributed by atoms with Crippen molar-refractivity contribution in [2.75, 3.05) is 26.1 Å². The maximum Gasteiger partial charge on any atom is 0.341 e. The highest BCUT2D eigenvalue weighted by Gasteiger charge is 2.26. The van der Waals surface area contributed by atoms with E-state index in [-0.39, 0.29) is 30.4 Å². The van der Waals surface area contributed by atoms with Gasteiger partial charge in [0, 0.05) is 12.6 Å². The van der Waals surface area contributed by atoms with Gasteiger partial charge in [0.2, 0.25) is 5.91 Å². The Morgan fingerprint density at radius 2 is 1.89 bits per heavy atom. The largest absolute Gasteiger partial charge is 0.496 e. The zero-order chi connectivity index (χ0) is 20.0. The summed E-state index contributed by atoms with van der Waals surface area (Å²) in [6.45, 7) is 3.54. The number of rotatable bonds is 7. The first-order chi connectivity index (χ1) is 12.9. The molecule has 0 radical (unpaired) electrons. The number of anilines is 1. The predicted octanol–water partition coefficient (Wildman–Crippen LogP) is 2.78. The van der Waals surface area contributed by atoms with Crippen molar-refractivity contribution in [1.29, 1.82) is 0 Å². The number of nitrogens with one attached hydrogen (secondary N) is 2. The minimum atomic E-state index is -0.575. The Kier molecular flexibility index (Phi) is 6.95. The third kappa shape index (κ3) is 4.65. The smallest absolute Gasteiger partial charge is 0.341 e. The van der Waals surface area contributed by atoms with Gasteiger partial charge in [-0.2, -0.15) is 0 Å². The number of hydrogen-bond acceptors (Lipinski definition) is 6. The second kappa shape index (κ2) is 9.18. The molecule has 2 amide bonds. The van der Waals surface area contributed by atoms with Gasteiger partial charge < -0.3 is 20.1 Å². The second-order valence-electron chi connectivity index (χ2n) is 5.60. The van der Waals surface area contributed by atoms with E-state index in [9.17, 15) is 14.4 Å². The summed E-state index contributed by atoms with van der Waals surface area (Å²) in [6.07, 6.45) is 0.0680. The van der Waals surface area contributed by atoms with E-state index >= 15 is 0 Å². The Morgan fingerprint density at radius 1 is 1.19 bits per heavy atom. The van der Waals surface area contributed by atoms with E-state index < -0.39 is 5.97 Å². The minimum absolute atomic E-state index is 0.0680. The number of esters is 1. The Labute approximate surface area is 161 Å². The summed E-state index contributed by atoms with van der Waals surface area (Å²) in [7, 11) is 3.04. The predicted molar refractivity (Wildman–Crippen MR) is 104 cm³/mol. The third-order valence-corrected chi connectivity index (χ3v) is 5.06. The Bertz CT molecular complexity index is 860. The van der Waals surface area contributed by atoms with Crippen molar-refractivity contribution in [2.45, 2.75) is 20.3 Å². The van der Waals surface area contributed by atoms with Crippen LogP contribution in [0.15, 0.2) is 24.3 Å². The fourth-order valence-corrected chi connectivity index (χ4v) is 3.73. The number of methoxy groups -OCH3 is 1. The number of carbonyl (C=O) groups is 3. The number of carbonyl (C=O) groups excluding carboxylic acids is 3. The summed E-state index contributed by atoms with van der Waals surface area (Å²) in [6, 6.07) is 7.19. The van der Waals surface area contributed by atoms with E-state index in [2.05, 4.69) is 10.6 Å². The lowest BCUT2D eigenvalue weighted by atomic mass is 10.1. The Morgan fingerprint density at radius 3 is 2.52 bits per heavy atom. The molecule has 2 N–H and O–H groups in total. The van der Waals surface area contributed by atoms with Gasteiger partial charge >= 0.3 is 5.97 Å². The second-order valence-corrected chi connectivity index (χ2v) is 6.62. The zero-order valence-corrected chi connectivity index (χ0v) is 16.5. The Balaban J connectivity index is 2.32. The first-order valence-electron chi connectivity index (χ1n) is 8.37. The van der Waals surface area contributed by atoms with Crippen molar-refractivity contribution in [3.8, 4) is 5.75 Å². The van der Waals surface area contributed by atoms with Gasteiger partial charge in [0.05, 0.1) is 30.6 Å². The lowest BCUT2D eigenvalue weighted by molar-refractivity contribution is -0.115. The van der Waals surface area contributed by atoms with Crippen LogP contribution in [0.5, 0.6) is 5.75 Å². The average Bonchev–Trinajstić information content (AvgIpc) is 2.97. The quantitative estimate of drug-likeness (QED) is 0.709. The van der Waals surface area contributed by atoms with E-state index in [1.54, 1.807) is 26.0 Å². The van der Waals surface area contributed by atoms with Gasteiger partial charge in [0.1, 0.15) is 10.8 Å². The lowest BCUT2D eigenvalue weighted by Crippen LogP contribution is -2.18. The number of hydrogen-bond donors (Lipinski definition) is 2. The summed E-state index contributed by atoms with van der Waals surface area (Å²) in [5, 5.41) is 5.56. The van der Waals surface area contributed by atoms with Crippen LogP contribution in [-0.2, 0) is 16.0 Å². The summed E-state index contributed by atoms with van der Waals surface area (Å²) in [5.74, 6) is -0.622. The highest BCUT2D eigenvalue weighted by molar-refractivity contribution is 7.18. The van der Waals surface area contributed by atoms with Gasteiger partial charge in [-0.25, -0.2) is 4.79 Å². The summed E-state index contributed by atoms with van der Waals surface area (Å²) in [4.78, 5) is 37.3. The van der Waals surface area contributed by atoms with Gasteiger partial charge in [0.15, 0.2) is 0 Å². The number of amides is 2. The van der Waals surface area contributed by atoms with Crippen LogP contribution in [0, 0.1) is 6.92 Å². The molecular weight excluding hydrogens is 368 g/mol. The summed E-state index contributed by atoms with van der Waals surface area (Å²) >= 11 is 1.05. The van der Waals surface area contributed by atoms with Crippen molar-refractivity contribution in [1.82, 2.24) is 5.32 Å². The summed E-state index contributed by atoms with van der Waals surface area (Å²) in [5.41, 5.74) is 1.40. The minimum Gasteiger partial charge on any atom is -0.496 e. The van der Waals surface area contributed by atoms with Gasteiger partial charge in [0.25, 0.3) is 5.91 Å². The van der Waals surface area contributed by atoms with Crippen molar-refractivity contribution in [3.63, 3.8) is 0 Å². The van der Waals surface area contributed by atoms with E-state index in [1.807, 2.05) is 12.1 Å². The number of thiophene rings is 1. The topological polar surface area (TPSA) is 93.7 Å². The van der Waals surface area contributed by atoms with Crippen LogP contribution in [0.25, 0.3) is 0 Å². The molecule has 0 atom stereocenters. The molecule has 0 unspecified atom stereocenters. The monoisotopic (exact) mass is 390 g/mol. The molecule has 0 aliphatic heterocycles. The zero-order valence-electron chi connectivity index (χ0n) is 15.7. The van der Waals surface area contributed by atoms with E-state index in [1.165, 1.54) is 14.2 Å². The highest BCUT2D eigenvalue weighted by atomic mass is 32.1. The molecule has 0 spiro atoms. The van der Waals surface area contributed by atoms with Crippen molar-refractivity contribution >= 4 is 34.1 Å². The van der Waals surface area contributed by atoms with Gasteiger partial charge in [-0.3, -0.25) is 9.59 Å². The summed E-state index contributed by atoms with van der Waals surface area (Å²) < 4.78 is 10.3. The van der Waals surface area contributed by atoms with Crippen LogP contribution < -0.4 is 15.4 Å². The average molecular weight is 390 g/mol. The highest BCUT2D eigenvalue weighted by Crippen LogP contribution is 2.34. The van der Waals surface area contributed by atoms with E-state index in [0.29, 0.717) is 21.2 Å². The molecule has 0 saturated heterocycles. The lowest BCUT2D eigenvalue weighted by Gasteiger charge is -2.09. The molecule has 0 saturated carbocycles. The van der Waals surface area contributed by atoms with Crippen LogP contribution in [0.1, 0.15) is 38.1 Å². The number of ether oxygens (including phenoxy) is 2. The molecule has 2 aromatic rings. The van der Waals surface area contributed by atoms with Crippen molar-refractivity contribution in [2.24, 2.45) is 0 Å². The molecule has 2 rings (SSSR count).